The number of rotatable bonds is 5. The number of thioether (sulfide) groups is 2. The van der Waals surface area contributed by atoms with Crippen LogP contribution in [0.3, 0.4) is 0 Å². The van der Waals surface area contributed by atoms with Crippen molar-refractivity contribution < 1.29 is 19.1 Å². The quantitative estimate of drug-likeness (QED) is 0.564. The lowest BCUT2D eigenvalue weighted by Gasteiger charge is -2.31. The molecule has 96 valence electrons. The van der Waals surface area contributed by atoms with E-state index in [1.807, 2.05) is 6.92 Å². The molecule has 0 aromatic heterocycles. The molecular formula is C11H16O4S2. The van der Waals surface area contributed by atoms with Crippen LogP contribution in [0.1, 0.15) is 13.3 Å². The molecule has 0 spiro atoms. The van der Waals surface area contributed by atoms with Gasteiger partial charge >= 0.3 is 11.9 Å². The van der Waals surface area contributed by atoms with Crippen LogP contribution in [0.4, 0.5) is 0 Å². The molecule has 0 amide bonds. The topological polar surface area (TPSA) is 52.6 Å². The highest BCUT2D eigenvalue weighted by atomic mass is 32.2. The zero-order valence-electron chi connectivity index (χ0n) is 9.77. The van der Waals surface area contributed by atoms with E-state index < -0.39 is 10.9 Å². The molecule has 1 unspecified atom stereocenters. The van der Waals surface area contributed by atoms with Crippen molar-refractivity contribution in [2.24, 2.45) is 0 Å². The summed E-state index contributed by atoms with van der Waals surface area (Å²) in [5.74, 6) is 2.02. The van der Waals surface area contributed by atoms with Gasteiger partial charge in [0.05, 0.1) is 6.42 Å². The summed E-state index contributed by atoms with van der Waals surface area (Å²) in [5.41, 5.74) is 0. The predicted molar refractivity (Wildman–Crippen MR) is 70.1 cm³/mol. The molecule has 1 aliphatic heterocycles. The summed E-state index contributed by atoms with van der Waals surface area (Å²) >= 11 is 3.43. The maximum Gasteiger partial charge on any atom is 0.330 e. The van der Waals surface area contributed by atoms with Crippen LogP contribution in [0.15, 0.2) is 12.7 Å². The fourth-order valence-corrected chi connectivity index (χ4v) is 3.81. The van der Waals surface area contributed by atoms with Crippen molar-refractivity contribution in [3.05, 3.63) is 12.7 Å². The molecule has 0 N–H and O–H groups in total. The predicted octanol–water partition coefficient (Wildman–Crippen LogP) is 1.85. The molecule has 1 saturated heterocycles. The molecule has 1 heterocycles. The monoisotopic (exact) mass is 276 g/mol. The molecular weight excluding hydrogens is 260 g/mol. The van der Waals surface area contributed by atoms with Crippen LogP contribution in [-0.2, 0) is 19.1 Å². The Morgan fingerprint density at radius 2 is 2.24 bits per heavy atom. The van der Waals surface area contributed by atoms with Gasteiger partial charge in [-0.15, -0.1) is 11.8 Å². The SMILES string of the molecule is C=CC(=O)OCCC(=O)OC1(C)CSCCS1. The third-order valence-corrected chi connectivity index (χ3v) is 4.98. The average molecular weight is 276 g/mol. The van der Waals surface area contributed by atoms with Gasteiger partial charge < -0.3 is 9.47 Å². The Hall–Kier alpha value is -0.620. The third-order valence-electron chi connectivity index (χ3n) is 2.05. The van der Waals surface area contributed by atoms with E-state index in [0.29, 0.717) is 0 Å². The van der Waals surface area contributed by atoms with E-state index in [1.54, 1.807) is 23.5 Å². The fraction of sp³-hybridized carbons (Fsp3) is 0.636. The van der Waals surface area contributed by atoms with Crippen molar-refractivity contribution in [3.8, 4) is 0 Å². The highest BCUT2D eigenvalue weighted by Gasteiger charge is 2.31. The molecule has 0 aromatic rings. The van der Waals surface area contributed by atoms with Crippen molar-refractivity contribution in [3.63, 3.8) is 0 Å². The van der Waals surface area contributed by atoms with Crippen LogP contribution in [0.25, 0.3) is 0 Å². The van der Waals surface area contributed by atoms with Gasteiger partial charge in [-0.3, -0.25) is 4.79 Å². The van der Waals surface area contributed by atoms with E-state index in [0.717, 1.165) is 23.3 Å². The number of carbonyl (C=O) groups is 2. The second-order valence-corrected chi connectivity index (χ2v) is 6.30. The minimum absolute atomic E-state index is 0.0393. The number of carbonyl (C=O) groups excluding carboxylic acids is 2. The molecule has 1 fully saturated rings. The van der Waals surface area contributed by atoms with E-state index in [-0.39, 0.29) is 19.0 Å². The molecule has 0 bridgehead atoms. The molecule has 0 saturated carbocycles. The van der Waals surface area contributed by atoms with Gasteiger partial charge in [0, 0.05) is 23.3 Å². The maximum atomic E-state index is 11.5. The van der Waals surface area contributed by atoms with Crippen LogP contribution in [0.5, 0.6) is 0 Å². The van der Waals surface area contributed by atoms with Gasteiger partial charge in [-0.05, 0) is 6.92 Å². The highest BCUT2D eigenvalue weighted by molar-refractivity contribution is 8.07. The van der Waals surface area contributed by atoms with E-state index in [4.69, 9.17) is 9.47 Å². The van der Waals surface area contributed by atoms with Crippen LogP contribution in [0, 0.1) is 0 Å². The standard InChI is InChI=1S/C11H16O4S2/c1-3-9(12)14-5-4-10(13)15-11(2)8-16-6-7-17-11/h3H,1,4-8H2,2H3. The molecule has 17 heavy (non-hydrogen) atoms. The number of esters is 2. The number of hydrogen-bond acceptors (Lipinski definition) is 6. The summed E-state index contributed by atoms with van der Waals surface area (Å²) in [5, 5.41) is 0. The molecule has 0 radical (unpaired) electrons. The first kappa shape index (κ1) is 14.4. The molecule has 1 rings (SSSR count). The number of hydrogen-bond donors (Lipinski definition) is 0. The Balaban J connectivity index is 2.24. The second kappa shape index (κ2) is 6.96. The molecule has 4 nitrogen and oxygen atoms in total. The van der Waals surface area contributed by atoms with Crippen LogP contribution < -0.4 is 0 Å². The Morgan fingerprint density at radius 1 is 1.47 bits per heavy atom. The zero-order valence-corrected chi connectivity index (χ0v) is 11.4. The van der Waals surface area contributed by atoms with E-state index in [2.05, 4.69) is 6.58 Å². The highest BCUT2D eigenvalue weighted by Crippen LogP contribution is 2.35. The lowest BCUT2D eigenvalue weighted by molar-refractivity contribution is -0.151. The second-order valence-electron chi connectivity index (χ2n) is 3.63. The first-order valence-corrected chi connectivity index (χ1v) is 7.42. The Labute approximate surface area is 109 Å². The zero-order chi connectivity index (χ0) is 12.7. The summed E-state index contributed by atoms with van der Waals surface area (Å²) in [7, 11) is 0. The van der Waals surface area contributed by atoms with E-state index in [1.165, 1.54) is 0 Å². The van der Waals surface area contributed by atoms with Crippen molar-refractivity contribution in [1.82, 2.24) is 0 Å². The van der Waals surface area contributed by atoms with Gasteiger partial charge in [0.2, 0.25) is 0 Å². The maximum absolute atomic E-state index is 11.5. The fourth-order valence-electron chi connectivity index (χ4n) is 1.26. The van der Waals surface area contributed by atoms with E-state index >= 15 is 0 Å². The molecule has 0 aromatic carbocycles. The van der Waals surface area contributed by atoms with Gasteiger partial charge in [-0.1, -0.05) is 6.58 Å². The lowest BCUT2D eigenvalue weighted by Crippen LogP contribution is -2.34. The Morgan fingerprint density at radius 3 is 2.82 bits per heavy atom. The van der Waals surface area contributed by atoms with Gasteiger partial charge in [0.1, 0.15) is 6.61 Å². The van der Waals surface area contributed by atoms with Crippen LogP contribution >= 0.6 is 23.5 Å². The summed E-state index contributed by atoms with van der Waals surface area (Å²) in [6.45, 7) is 5.22. The Kier molecular flexibility index (Phi) is 5.91. The summed E-state index contributed by atoms with van der Waals surface area (Å²) in [4.78, 5) is 21.8. The first-order valence-electron chi connectivity index (χ1n) is 5.28. The van der Waals surface area contributed by atoms with Gasteiger partial charge in [0.25, 0.3) is 0 Å². The smallest absolute Gasteiger partial charge is 0.330 e. The third kappa shape index (κ3) is 5.50. The largest absolute Gasteiger partial charge is 0.462 e. The van der Waals surface area contributed by atoms with Gasteiger partial charge in [-0.2, -0.15) is 11.8 Å². The van der Waals surface area contributed by atoms with Gasteiger partial charge in [-0.25, -0.2) is 4.79 Å². The van der Waals surface area contributed by atoms with Crippen molar-refractivity contribution in [2.45, 2.75) is 18.3 Å². The minimum Gasteiger partial charge on any atom is -0.462 e. The van der Waals surface area contributed by atoms with Crippen LogP contribution in [-0.4, -0.2) is 40.7 Å². The van der Waals surface area contributed by atoms with Crippen LogP contribution in [0.2, 0.25) is 0 Å². The molecule has 1 aliphatic rings. The van der Waals surface area contributed by atoms with E-state index in [9.17, 15) is 9.59 Å². The Bertz CT molecular complexity index is 298. The molecule has 1 atom stereocenters. The van der Waals surface area contributed by atoms with Crippen molar-refractivity contribution in [1.29, 1.82) is 0 Å². The summed E-state index contributed by atoms with van der Waals surface area (Å²) < 4.78 is 10.1. The summed E-state index contributed by atoms with van der Waals surface area (Å²) in [6.07, 6.45) is 1.15. The van der Waals surface area contributed by atoms with Crippen molar-refractivity contribution >= 4 is 35.5 Å². The number of ether oxygens (including phenoxy) is 2. The molecule has 6 heteroatoms. The average Bonchev–Trinajstić information content (AvgIpc) is 2.29. The first-order chi connectivity index (χ1) is 8.06. The van der Waals surface area contributed by atoms with Crippen molar-refractivity contribution in [2.75, 3.05) is 23.9 Å². The van der Waals surface area contributed by atoms with Gasteiger partial charge in [0.15, 0.2) is 4.93 Å². The minimum atomic E-state index is -0.522. The molecule has 0 aliphatic carbocycles. The normalized spacial score (nSPS) is 23.8. The summed E-state index contributed by atoms with van der Waals surface area (Å²) in [6, 6.07) is 0. The lowest BCUT2D eigenvalue weighted by atomic mass is 10.4.